The number of hydrogen-bond donors (Lipinski definition) is 0. The summed E-state index contributed by atoms with van der Waals surface area (Å²) >= 11 is 0. The van der Waals surface area contributed by atoms with Crippen molar-refractivity contribution in [3.05, 3.63) is 54.1 Å². The van der Waals surface area contributed by atoms with Gasteiger partial charge in [-0.25, -0.2) is 0 Å². The molecule has 0 amide bonds. The highest BCUT2D eigenvalue weighted by molar-refractivity contribution is 6.46. The van der Waals surface area contributed by atoms with E-state index in [2.05, 4.69) is 0 Å². The van der Waals surface area contributed by atoms with Gasteiger partial charge in [0.2, 0.25) is 0 Å². The van der Waals surface area contributed by atoms with Crippen LogP contribution in [0.2, 0.25) is 0 Å². The molecule has 7 heteroatoms. The molecule has 2 rings (SSSR count). The molecule has 0 atom stereocenters. The van der Waals surface area contributed by atoms with Gasteiger partial charge in [-0.2, -0.15) is 13.2 Å². The molecular formula is C18H19F3O3Si. The summed E-state index contributed by atoms with van der Waals surface area (Å²) in [4.78, 5) is 0. The lowest BCUT2D eigenvalue weighted by Crippen LogP contribution is -2.28. The zero-order valence-corrected chi connectivity index (χ0v) is 15.0. The molecule has 0 spiro atoms. The van der Waals surface area contributed by atoms with Crippen molar-refractivity contribution in [1.29, 1.82) is 0 Å². The van der Waals surface area contributed by atoms with Crippen LogP contribution in [0.4, 0.5) is 13.2 Å². The molecule has 2 aromatic rings. The molecule has 0 fully saturated rings. The first kappa shape index (κ1) is 19.6. The van der Waals surface area contributed by atoms with E-state index in [0.717, 1.165) is 17.3 Å². The number of rotatable bonds is 8. The van der Waals surface area contributed by atoms with Gasteiger partial charge in [0.15, 0.2) is 0 Å². The van der Waals surface area contributed by atoms with E-state index in [1.165, 1.54) is 6.07 Å². The fourth-order valence-corrected chi connectivity index (χ4v) is 2.78. The van der Waals surface area contributed by atoms with E-state index in [4.69, 9.17) is 13.9 Å². The van der Waals surface area contributed by atoms with E-state index in [1.807, 2.05) is 26.0 Å². The van der Waals surface area contributed by atoms with Crippen LogP contribution in [0.1, 0.15) is 19.4 Å². The average molecular weight is 368 g/mol. The smallest absolute Gasteiger partial charge is 0.366 e. The van der Waals surface area contributed by atoms with Gasteiger partial charge in [0, 0.05) is 13.2 Å². The Morgan fingerprint density at radius 1 is 0.920 bits per heavy atom. The van der Waals surface area contributed by atoms with Gasteiger partial charge in [0.1, 0.15) is 0 Å². The molecule has 0 aliphatic heterocycles. The Hall–Kier alpha value is -1.67. The monoisotopic (exact) mass is 368 g/mol. The molecular weight excluding hydrogens is 349 g/mol. The topological polar surface area (TPSA) is 27.7 Å². The Balaban J connectivity index is 2.05. The Kier molecular flexibility index (Phi) is 7.19. The fraction of sp³-hybridized carbons (Fsp3) is 0.333. The molecule has 0 saturated carbocycles. The van der Waals surface area contributed by atoms with Crippen molar-refractivity contribution in [1.82, 2.24) is 0 Å². The Morgan fingerprint density at radius 3 is 2.12 bits per heavy atom. The summed E-state index contributed by atoms with van der Waals surface area (Å²) < 4.78 is 54.6. The molecule has 0 unspecified atom stereocenters. The van der Waals surface area contributed by atoms with Crippen LogP contribution < -0.4 is 5.19 Å². The average Bonchev–Trinajstić information content (AvgIpc) is 2.60. The lowest BCUT2D eigenvalue weighted by Gasteiger charge is -2.16. The quantitative estimate of drug-likeness (QED) is 0.521. The van der Waals surface area contributed by atoms with Crippen LogP contribution in [0, 0.1) is 0 Å². The van der Waals surface area contributed by atoms with Crippen molar-refractivity contribution in [2.75, 3.05) is 13.2 Å². The van der Waals surface area contributed by atoms with Crippen molar-refractivity contribution >= 4 is 14.9 Å². The Bertz CT molecular complexity index is 653. The summed E-state index contributed by atoms with van der Waals surface area (Å²) in [5, 5.41) is 0.903. The van der Waals surface area contributed by atoms with Gasteiger partial charge in [0.25, 0.3) is 16.2 Å². The molecule has 0 heterocycles. The highest BCUT2D eigenvalue weighted by Gasteiger charge is 2.30. The Morgan fingerprint density at radius 2 is 1.56 bits per heavy atom. The third-order valence-corrected chi connectivity index (χ3v) is 4.17. The number of halogens is 3. The van der Waals surface area contributed by atoms with Crippen LogP contribution in [-0.4, -0.2) is 29.5 Å². The molecule has 3 nitrogen and oxygen atoms in total. The molecule has 134 valence electrons. The van der Waals surface area contributed by atoms with Gasteiger partial charge in [-0.05, 0) is 42.3 Å². The minimum atomic E-state index is -4.35. The predicted molar refractivity (Wildman–Crippen MR) is 90.4 cm³/mol. The largest absolute Gasteiger partial charge is 0.416 e. The summed E-state index contributed by atoms with van der Waals surface area (Å²) in [7, 11) is 0.0171. The van der Waals surface area contributed by atoms with Crippen LogP contribution in [0.15, 0.2) is 48.5 Å². The molecule has 2 aromatic carbocycles. The van der Waals surface area contributed by atoms with E-state index in [-0.39, 0.29) is 9.76 Å². The van der Waals surface area contributed by atoms with Gasteiger partial charge in [0.05, 0.1) is 5.56 Å². The lowest BCUT2D eigenvalue weighted by molar-refractivity contribution is -0.242. The third-order valence-electron chi connectivity index (χ3n) is 3.29. The van der Waals surface area contributed by atoms with Gasteiger partial charge in [-0.3, -0.25) is 0 Å². The molecule has 0 aromatic heterocycles. The van der Waals surface area contributed by atoms with Gasteiger partial charge in [-0.15, -0.1) is 0 Å². The molecule has 0 bridgehead atoms. The summed E-state index contributed by atoms with van der Waals surface area (Å²) in [5.41, 5.74) is 0.577. The maximum atomic E-state index is 12.8. The van der Waals surface area contributed by atoms with Crippen molar-refractivity contribution in [2.24, 2.45) is 0 Å². The van der Waals surface area contributed by atoms with Crippen LogP contribution in [0.25, 0.3) is 11.1 Å². The molecule has 0 saturated heterocycles. The summed E-state index contributed by atoms with van der Waals surface area (Å²) in [6, 6.07) is 12.5. The molecule has 0 N–H and O–H groups in total. The zero-order valence-electron chi connectivity index (χ0n) is 14.0. The maximum absolute atomic E-state index is 12.8. The van der Waals surface area contributed by atoms with Crippen molar-refractivity contribution in [3.63, 3.8) is 0 Å². The predicted octanol–water partition coefficient (Wildman–Crippen LogP) is 3.99. The van der Waals surface area contributed by atoms with E-state index >= 15 is 0 Å². The molecule has 2 radical (unpaired) electrons. The van der Waals surface area contributed by atoms with Crippen LogP contribution >= 0.6 is 0 Å². The first-order valence-corrected chi connectivity index (χ1v) is 8.77. The third kappa shape index (κ3) is 5.96. The standard InChI is InChI=1S/C18H19F3O3Si/c1-3-22-17(23-4-2)24-25-16-10-8-13(9-11-16)14-6-5-7-15(12-14)18(19,20)21/h5-12,17H,3-4H2,1-2H3. The minimum absolute atomic E-state index is 0.0171. The first-order chi connectivity index (χ1) is 11.9. The summed E-state index contributed by atoms with van der Waals surface area (Å²) in [6.07, 6.45) is -4.35. The van der Waals surface area contributed by atoms with Crippen molar-refractivity contribution < 1.29 is 27.1 Å². The van der Waals surface area contributed by atoms with Gasteiger partial charge in [-0.1, -0.05) is 36.4 Å². The number of benzene rings is 2. The maximum Gasteiger partial charge on any atom is 0.416 e. The van der Waals surface area contributed by atoms with Crippen LogP contribution in [0.3, 0.4) is 0 Å². The first-order valence-electron chi connectivity index (χ1n) is 7.86. The minimum Gasteiger partial charge on any atom is -0.366 e. The van der Waals surface area contributed by atoms with Crippen LogP contribution in [-0.2, 0) is 20.1 Å². The zero-order chi connectivity index (χ0) is 18.3. The van der Waals surface area contributed by atoms with E-state index in [0.29, 0.717) is 24.3 Å². The summed E-state index contributed by atoms with van der Waals surface area (Å²) in [5.74, 6) is 0. The fourth-order valence-electron chi connectivity index (χ4n) is 2.11. The second kappa shape index (κ2) is 9.14. The second-order valence-corrected chi connectivity index (χ2v) is 6.09. The highest BCUT2D eigenvalue weighted by Crippen LogP contribution is 2.31. The van der Waals surface area contributed by atoms with Crippen molar-refractivity contribution in [2.45, 2.75) is 26.5 Å². The van der Waals surface area contributed by atoms with Gasteiger partial charge < -0.3 is 13.9 Å². The summed E-state index contributed by atoms with van der Waals surface area (Å²) in [6.45, 7) is 3.94. The van der Waals surface area contributed by atoms with E-state index < -0.39 is 18.2 Å². The van der Waals surface area contributed by atoms with Crippen LogP contribution in [0.5, 0.6) is 0 Å². The molecule has 25 heavy (non-hydrogen) atoms. The normalized spacial score (nSPS) is 11.9. The van der Waals surface area contributed by atoms with E-state index in [9.17, 15) is 13.2 Å². The van der Waals surface area contributed by atoms with Crippen molar-refractivity contribution in [3.8, 4) is 11.1 Å². The van der Waals surface area contributed by atoms with E-state index in [1.54, 1.807) is 18.2 Å². The lowest BCUT2D eigenvalue weighted by atomic mass is 10.0. The number of alkyl halides is 3. The number of hydrogen-bond acceptors (Lipinski definition) is 3. The Labute approximate surface area is 147 Å². The highest BCUT2D eigenvalue weighted by atomic mass is 28.2. The van der Waals surface area contributed by atoms with Gasteiger partial charge >= 0.3 is 6.18 Å². The molecule has 0 aliphatic carbocycles. The SMILES string of the molecule is CCOC(OCC)O[Si]c1ccc(-c2cccc(C(F)(F)F)c2)cc1. The number of ether oxygens (including phenoxy) is 2. The second-order valence-electron chi connectivity index (χ2n) is 5.08. The molecule has 0 aliphatic rings.